The Hall–Kier alpha value is -5.70. The topological polar surface area (TPSA) is 3.24 Å². The molecule has 0 saturated carbocycles. The Bertz CT molecular complexity index is 2370. The molecule has 0 amide bonds. The third-order valence-electron chi connectivity index (χ3n) is 10.0. The summed E-state index contributed by atoms with van der Waals surface area (Å²) >= 11 is 1.93. The zero-order valence-corrected chi connectivity index (χ0v) is 28.4. The van der Waals surface area contributed by atoms with Crippen LogP contribution < -0.4 is 4.90 Å². The van der Waals surface area contributed by atoms with Gasteiger partial charge in [-0.2, -0.15) is 0 Å². The highest BCUT2D eigenvalue weighted by Gasteiger charge is 2.39. The molecule has 9 rings (SSSR count). The van der Waals surface area contributed by atoms with Crippen molar-refractivity contribution >= 4 is 38.5 Å². The average Bonchev–Trinajstić information content (AvgIpc) is 3.66. The highest BCUT2D eigenvalue weighted by atomic mass is 32.1. The van der Waals surface area contributed by atoms with Gasteiger partial charge in [0.2, 0.25) is 0 Å². The molecule has 1 heterocycles. The van der Waals surface area contributed by atoms with Crippen molar-refractivity contribution in [3.05, 3.63) is 187 Å². The van der Waals surface area contributed by atoms with Gasteiger partial charge < -0.3 is 4.90 Å². The van der Waals surface area contributed by atoms with Gasteiger partial charge in [-0.05, 0) is 92.4 Å². The first kappa shape index (κ1) is 29.4. The summed E-state index contributed by atoms with van der Waals surface area (Å²) in [7, 11) is 0. The monoisotopic (exact) mass is 645 g/mol. The number of thiophene rings is 1. The Morgan fingerprint density at radius 2 is 1.00 bits per heavy atom. The summed E-state index contributed by atoms with van der Waals surface area (Å²) in [6.45, 7) is 4.77. The van der Waals surface area contributed by atoms with Gasteiger partial charge >= 0.3 is 0 Å². The first-order valence-corrected chi connectivity index (χ1v) is 17.8. The highest BCUT2D eigenvalue weighted by Crippen LogP contribution is 2.57. The van der Waals surface area contributed by atoms with Crippen LogP contribution in [0.15, 0.2) is 176 Å². The summed E-state index contributed by atoms with van der Waals surface area (Å²) in [5.74, 6) is 0. The molecular weight excluding hydrogens is 611 g/mol. The van der Waals surface area contributed by atoms with Crippen molar-refractivity contribution in [2.75, 3.05) is 4.90 Å². The Balaban J connectivity index is 1.17. The summed E-state index contributed by atoms with van der Waals surface area (Å²) < 4.78 is 1.36. The molecule has 0 radical (unpaired) electrons. The quantitative estimate of drug-likeness (QED) is 0.174. The minimum atomic E-state index is -0.0510. The van der Waals surface area contributed by atoms with Gasteiger partial charge in [0.15, 0.2) is 0 Å². The minimum absolute atomic E-state index is 0.0510. The summed E-state index contributed by atoms with van der Waals surface area (Å²) in [4.78, 5) is 3.80. The lowest BCUT2D eigenvalue weighted by Gasteiger charge is -2.27. The molecule has 1 nitrogen and oxygen atoms in total. The van der Waals surface area contributed by atoms with E-state index in [1.54, 1.807) is 0 Å². The van der Waals surface area contributed by atoms with Crippen molar-refractivity contribution < 1.29 is 0 Å². The van der Waals surface area contributed by atoms with Crippen LogP contribution in [-0.2, 0) is 5.41 Å². The van der Waals surface area contributed by atoms with Crippen LogP contribution >= 0.6 is 11.3 Å². The molecule has 1 aromatic heterocycles. The number of rotatable bonds is 6. The molecule has 0 N–H and O–H groups in total. The first-order chi connectivity index (χ1) is 24.1. The van der Waals surface area contributed by atoms with E-state index in [4.69, 9.17) is 0 Å². The first-order valence-electron chi connectivity index (χ1n) is 16.9. The molecule has 0 aliphatic heterocycles. The van der Waals surface area contributed by atoms with Gasteiger partial charge in [-0.25, -0.2) is 0 Å². The van der Waals surface area contributed by atoms with Crippen LogP contribution in [-0.4, -0.2) is 0 Å². The van der Waals surface area contributed by atoms with E-state index in [1.807, 2.05) is 11.3 Å². The van der Waals surface area contributed by atoms with E-state index in [9.17, 15) is 0 Å². The second kappa shape index (κ2) is 11.8. The second-order valence-corrected chi connectivity index (χ2v) is 14.4. The maximum atomic E-state index is 2.38. The van der Waals surface area contributed by atoms with E-state index in [1.165, 1.54) is 65.0 Å². The van der Waals surface area contributed by atoms with Crippen LogP contribution in [0.3, 0.4) is 0 Å². The third-order valence-corrected chi connectivity index (χ3v) is 11.2. The average molecular weight is 646 g/mol. The maximum absolute atomic E-state index is 2.38. The Morgan fingerprint density at radius 3 is 1.63 bits per heavy atom. The molecular formula is C47H35NS. The lowest BCUT2D eigenvalue weighted by Crippen LogP contribution is -2.14. The lowest BCUT2D eigenvalue weighted by atomic mass is 9.81. The van der Waals surface area contributed by atoms with E-state index >= 15 is 0 Å². The van der Waals surface area contributed by atoms with Crippen molar-refractivity contribution in [3.63, 3.8) is 0 Å². The summed E-state index contributed by atoms with van der Waals surface area (Å²) in [5, 5.41) is 1.39. The Labute approximate surface area is 292 Å². The molecule has 0 saturated heterocycles. The smallest absolute Gasteiger partial charge is 0.0467 e. The van der Waals surface area contributed by atoms with Crippen LogP contribution in [0.1, 0.15) is 25.0 Å². The van der Waals surface area contributed by atoms with Crippen LogP contribution in [0.4, 0.5) is 17.1 Å². The van der Waals surface area contributed by atoms with E-state index in [0.29, 0.717) is 0 Å². The zero-order chi connectivity index (χ0) is 33.0. The fraction of sp³-hybridized carbons (Fsp3) is 0.0638. The van der Waals surface area contributed by atoms with Crippen molar-refractivity contribution in [1.82, 2.24) is 0 Å². The van der Waals surface area contributed by atoms with Crippen LogP contribution in [0.25, 0.3) is 53.9 Å². The van der Waals surface area contributed by atoms with Crippen LogP contribution in [0, 0.1) is 0 Å². The van der Waals surface area contributed by atoms with Gasteiger partial charge in [0.05, 0.1) is 0 Å². The maximum Gasteiger partial charge on any atom is 0.0467 e. The molecule has 8 aromatic rings. The van der Waals surface area contributed by atoms with Crippen LogP contribution in [0.5, 0.6) is 0 Å². The molecule has 49 heavy (non-hydrogen) atoms. The number of anilines is 3. The Morgan fingerprint density at radius 1 is 0.449 bits per heavy atom. The highest BCUT2D eigenvalue weighted by molar-refractivity contribution is 7.22. The summed E-state index contributed by atoms with van der Waals surface area (Å²) in [6, 6.07) is 63.9. The van der Waals surface area contributed by atoms with Crippen molar-refractivity contribution in [2.24, 2.45) is 0 Å². The Kier molecular flexibility index (Phi) is 7.07. The van der Waals surface area contributed by atoms with Gasteiger partial charge in [-0.1, -0.05) is 147 Å². The predicted octanol–water partition coefficient (Wildman–Crippen LogP) is 13.7. The predicted molar refractivity (Wildman–Crippen MR) is 210 cm³/mol. The number of benzene rings is 7. The molecule has 7 aromatic carbocycles. The normalized spacial score (nSPS) is 12.9. The number of hydrogen-bond donors (Lipinski definition) is 0. The number of fused-ring (bicyclic) bond motifs is 5. The van der Waals surface area contributed by atoms with Crippen molar-refractivity contribution in [1.29, 1.82) is 0 Å². The molecule has 1 aliphatic rings. The zero-order valence-electron chi connectivity index (χ0n) is 27.6. The van der Waals surface area contributed by atoms with E-state index < -0.39 is 0 Å². The summed E-state index contributed by atoms with van der Waals surface area (Å²) in [5.41, 5.74) is 14.9. The van der Waals surface area contributed by atoms with Gasteiger partial charge in [0, 0.05) is 37.6 Å². The molecule has 234 valence electrons. The lowest BCUT2D eigenvalue weighted by molar-refractivity contribution is 0.667. The summed E-state index contributed by atoms with van der Waals surface area (Å²) in [6.07, 6.45) is 0. The number of hydrogen-bond acceptors (Lipinski definition) is 2. The van der Waals surface area contributed by atoms with Gasteiger partial charge in [-0.15, -0.1) is 11.3 Å². The molecule has 0 spiro atoms. The van der Waals surface area contributed by atoms with Gasteiger partial charge in [0.25, 0.3) is 0 Å². The molecule has 2 heteroatoms. The third kappa shape index (κ3) is 4.99. The van der Waals surface area contributed by atoms with Crippen molar-refractivity contribution in [3.8, 4) is 43.8 Å². The minimum Gasteiger partial charge on any atom is -0.310 e. The molecule has 1 aliphatic carbocycles. The second-order valence-electron chi connectivity index (χ2n) is 13.4. The standard InChI is InChI=1S/C47H35NS/c1-47(2)42-24-13-23-40(44(42)46-45(47)41-22-9-10-25-43(41)49-46)34-26-28-37(29-27-34)48(38-20-11-18-35(30-38)32-14-5-3-6-15-32)39-21-12-19-36(31-39)33-16-7-4-8-17-33/h3-31H,1-2H3. The van der Waals surface area contributed by atoms with Crippen LogP contribution in [0.2, 0.25) is 0 Å². The van der Waals surface area contributed by atoms with E-state index in [0.717, 1.165) is 17.1 Å². The molecule has 0 unspecified atom stereocenters. The molecule has 0 bridgehead atoms. The van der Waals surface area contributed by atoms with E-state index in [-0.39, 0.29) is 5.41 Å². The SMILES string of the molecule is CC1(C)c2cccc(-c3ccc(N(c4cccc(-c5ccccc5)c4)c4cccc(-c5ccccc5)c4)cc3)c2-c2sc3ccccc3c21. The van der Waals surface area contributed by atoms with E-state index in [2.05, 4.69) is 195 Å². The fourth-order valence-corrected chi connectivity index (χ4v) is 9.12. The van der Waals surface area contributed by atoms with Gasteiger partial charge in [0.1, 0.15) is 0 Å². The largest absolute Gasteiger partial charge is 0.310 e. The molecule has 0 atom stereocenters. The van der Waals surface area contributed by atoms with Gasteiger partial charge in [-0.3, -0.25) is 0 Å². The van der Waals surface area contributed by atoms with Crippen molar-refractivity contribution in [2.45, 2.75) is 19.3 Å². The number of nitrogens with zero attached hydrogens (tertiary/aromatic N) is 1. The molecule has 0 fully saturated rings. The fourth-order valence-electron chi connectivity index (χ4n) is 7.68.